The van der Waals surface area contributed by atoms with E-state index in [-0.39, 0.29) is 23.6 Å². The van der Waals surface area contributed by atoms with E-state index in [2.05, 4.69) is 6.07 Å². The number of aliphatic carboxylic acids is 1. The number of carbonyl (C=O) groups excluding carboxylic acids is 1. The highest BCUT2D eigenvalue weighted by Gasteiger charge is 2.32. The zero-order valence-electron chi connectivity index (χ0n) is 18.9. The maximum Gasteiger partial charge on any atom is 0.326 e. The largest absolute Gasteiger partial charge is 0.480 e. The third kappa shape index (κ3) is 5.93. The number of halogens is 2. The van der Waals surface area contributed by atoms with Crippen molar-refractivity contribution in [3.8, 4) is 11.1 Å². The van der Waals surface area contributed by atoms with Crippen LogP contribution in [0.4, 0.5) is 0 Å². The van der Waals surface area contributed by atoms with E-state index in [1.807, 2.05) is 66.9 Å². The highest BCUT2D eigenvalue weighted by atomic mass is 35.5. The Morgan fingerprint density at radius 3 is 2.43 bits per heavy atom. The second kappa shape index (κ2) is 11.1. The molecule has 3 aromatic carbocycles. The van der Waals surface area contributed by atoms with Crippen molar-refractivity contribution in [2.45, 2.75) is 25.9 Å². The van der Waals surface area contributed by atoms with E-state index in [1.54, 1.807) is 6.07 Å². The Hall–Kier alpha value is -3.12. The molecule has 1 atom stereocenters. The van der Waals surface area contributed by atoms with Gasteiger partial charge in [-0.25, -0.2) is 4.79 Å². The first-order valence-electron chi connectivity index (χ1n) is 11.0. The first-order valence-corrected chi connectivity index (χ1v) is 12.6. The minimum atomic E-state index is -1.09. The summed E-state index contributed by atoms with van der Waals surface area (Å²) in [4.78, 5) is 28.6. The first kappa shape index (κ1) is 25.0. The van der Waals surface area contributed by atoms with Gasteiger partial charge in [0.05, 0.1) is 17.1 Å². The van der Waals surface area contributed by atoms with Crippen LogP contribution in [-0.2, 0) is 17.8 Å². The molecule has 4 nitrogen and oxygen atoms in total. The van der Waals surface area contributed by atoms with Crippen molar-refractivity contribution >= 4 is 46.4 Å². The second-order valence-corrected chi connectivity index (χ2v) is 10.1. The van der Waals surface area contributed by atoms with Crippen LogP contribution >= 0.6 is 34.5 Å². The molecular weight excluding hydrogens is 501 g/mol. The molecule has 0 fully saturated rings. The predicted molar refractivity (Wildman–Crippen MR) is 142 cm³/mol. The summed E-state index contributed by atoms with van der Waals surface area (Å²) < 4.78 is 0. The maximum absolute atomic E-state index is 13.8. The number of nitrogens with zero attached hydrogens (tertiary/aromatic N) is 1. The van der Waals surface area contributed by atoms with Gasteiger partial charge in [0.2, 0.25) is 0 Å². The number of amides is 1. The number of hydrogen-bond acceptors (Lipinski definition) is 3. The second-order valence-electron chi connectivity index (χ2n) is 8.23. The Bertz CT molecular complexity index is 1350. The lowest BCUT2D eigenvalue weighted by atomic mass is 10.0. The van der Waals surface area contributed by atoms with Gasteiger partial charge in [0, 0.05) is 16.3 Å². The van der Waals surface area contributed by atoms with Gasteiger partial charge in [-0.3, -0.25) is 4.79 Å². The third-order valence-electron chi connectivity index (χ3n) is 5.74. The fourth-order valence-electron chi connectivity index (χ4n) is 4.00. The molecule has 0 saturated heterocycles. The molecule has 1 heterocycles. The minimum Gasteiger partial charge on any atom is -0.480 e. The number of benzene rings is 3. The average Bonchev–Trinajstić information content (AvgIpc) is 3.30. The molecule has 0 aliphatic rings. The summed E-state index contributed by atoms with van der Waals surface area (Å²) in [6, 6.07) is 22.9. The normalized spacial score (nSPS) is 11.7. The topological polar surface area (TPSA) is 57.6 Å². The number of hydrogen-bond donors (Lipinski definition) is 1. The lowest BCUT2D eigenvalue weighted by molar-refractivity contribution is -0.142. The van der Waals surface area contributed by atoms with Crippen molar-refractivity contribution in [3.63, 3.8) is 0 Å². The Labute approximate surface area is 218 Å². The lowest BCUT2D eigenvalue weighted by Crippen LogP contribution is -2.46. The molecule has 0 aliphatic carbocycles. The SMILES string of the molecule is Cc1cccc(-c2ccsc2CN(C(=O)c2ccc(Cl)cc2Cl)[C@@H](Cc2ccccc2)C(=O)O)c1. The number of carbonyl (C=O) groups is 2. The third-order valence-corrected chi connectivity index (χ3v) is 7.20. The van der Waals surface area contributed by atoms with Crippen molar-refractivity contribution in [3.05, 3.63) is 116 Å². The van der Waals surface area contributed by atoms with Crippen molar-refractivity contribution in [1.29, 1.82) is 0 Å². The zero-order chi connectivity index (χ0) is 24.9. The molecule has 1 aromatic heterocycles. The van der Waals surface area contributed by atoms with Crippen molar-refractivity contribution < 1.29 is 14.7 Å². The van der Waals surface area contributed by atoms with Gasteiger partial charge < -0.3 is 10.0 Å². The zero-order valence-corrected chi connectivity index (χ0v) is 21.3. The molecule has 1 N–H and O–H groups in total. The van der Waals surface area contributed by atoms with Crippen molar-refractivity contribution in [2.24, 2.45) is 0 Å². The molecule has 1 amide bonds. The van der Waals surface area contributed by atoms with Crippen LogP contribution in [0.25, 0.3) is 11.1 Å². The van der Waals surface area contributed by atoms with Gasteiger partial charge in [0.25, 0.3) is 5.91 Å². The molecule has 4 rings (SSSR count). The quantitative estimate of drug-likeness (QED) is 0.262. The summed E-state index contributed by atoms with van der Waals surface area (Å²) in [7, 11) is 0. The van der Waals surface area contributed by atoms with Crippen LogP contribution in [0.3, 0.4) is 0 Å². The highest BCUT2D eigenvalue weighted by Crippen LogP contribution is 2.32. The van der Waals surface area contributed by atoms with E-state index in [1.165, 1.54) is 28.4 Å². The van der Waals surface area contributed by atoms with Crippen LogP contribution in [0.2, 0.25) is 10.0 Å². The molecular formula is C28H23Cl2NO3S. The van der Waals surface area contributed by atoms with Crippen LogP contribution in [0.1, 0.15) is 26.4 Å². The molecule has 35 heavy (non-hydrogen) atoms. The van der Waals surface area contributed by atoms with Gasteiger partial charge in [-0.05, 0) is 53.3 Å². The van der Waals surface area contributed by atoms with Gasteiger partial charge in [-0.2, -0.15) is 0 Å². The van der Waals surface area contributed by atoms with Gasteiger partial charge in [-0.15, -0.1) is 11.3 Å². The number of aryl methyl sites for hydroxylation is 1. The molecule has 0 radical (unpaired) electrons. The summed E-state index contributed by atoms with van der Waals surface area (Å²) in [6.07, 6.45) is 0.165. The Balaban J connectivity index is 1.76. The smallest absolute Gasteiger partial charge is 0.326 e. The average molecular weight is 524 g/mol. The minimum absolute atomic E-state index is 0.128. The monoisotopic (exact) mass is 523 g/mol. The molecule has 7 heteroatoms. The Kier molecular flexibility index (Phi) is 7.91. The van der Waals surface area contributed by atoms with Gasteiger partial charge in [-0.1, -0.05) is 83.4 Å². The van der Waals surface area contributed by atoms with Crippen molar-refractivity contribution in [2.75, 3.05) is 0 Å². The molecule has 4 aromatic rings. The van der Waals surface area contributed by atoms with E-state index in [0.29, 0.717) is 5.02 Å². The molecule has 0 aliphatic heterocycles. The molecule has 178 valence electrons. The van der Waals surface area contributed by atoms with Gasteiger partial charge in [0.15, 0.2) is 0 Å². The van der Waals surface area contributed by atoms with E-state index >= 15 is 0 Å². The first-order chi connectivity index (χ1) is 16.8. The van der Waals surface area contributed by atoms with Gasteiger partial charge in [0.1, 0.15) is 6.04 Å². The van der Waals surface area contributed by atoms with E-state index in [0.717, 1.165) is 27.1 Å². The van der Waals surface area contributed by atoms with Crippen molar-refractivity contribution in [1.82, 2.24) is 4.90 Å². The Morgan fingerprint density at radius 2 is 1.74 bits per heavy atom. The standard InChI is InChI=1S/C28H23Cl2NO3S/c1-18-6-5-9-20(14-18)22-12-13-35-26(22)17-31(27(32)23-11-10-21(29)16-24(23)30)25(28(33)34)15-19-7-3-2-4-8-19/h2-14,16,25H,15,17H2,1H3,(H,33,34)/t25-/m0/s1. The fraction of sp³-hybridized carbons (Fsp3) is 0.143. The number of carboxylic acid groups (broad SMARTS) is 1. The number of carboxylic acids is 1. The molecule has 0 unspecified atom stereocenters. The van der Waals surface area contributed by atoms with Crippen LogP contribution in [-0.4, -0.2) is 27.9 Å². The maximum atomic E-state index is 13.8. The van der Waals surface area contributed by atoms with Crippen LogP contribution in [0.5, 0.6) is 0 Å². The Morgan fingerprint density at radius 1 is 0.971 bits per heavy atom. The van der Waals surface area contributed by atoms with E-state index in [9.17, 15) is 14.7 Å². The van der Waals surface area contributed by atoms with E-state index < -0.39 is 17.9 Å². The summed E-state index contributed by atoms with van der Waals surface area (Å²) in [5, 5.41) is 12.8. The summed E-state index contributed by atoms with van der Waals surface area (Å²) in [6.45, 7) is 2.15. The van der Waals surface area contributed by atoms with Crippen LogP contribution in [0.15, 0.2) is 84.2 Å². The van der Waals surface area contributed by atoms with E-state index in [4.69, 9.17) is 23.2 Å². The van der Waals surface area contributed by atoms with Crippen LogP contribution in [0, 0.1) is 6.92 Å². The summed E-state index contributed by atoms with van der Waals surface area (Å²) in [5.74, 6) is -1.54. The lowest BCUT2D eigenvalue weighted by Gasteiger charge is -2.30. The molecule has 0 saturated carbocycles. The van der Waals surface area contributed by atoms with Gasteiger partial charge >= 0.3 is 5.97 Å². The number of rotatable bonds is 8. The van der Waals surface area contributed by atoms with Crippen LogP contribution < -0.4 is 0 Å². The summed E-state index contributed by atoms with van der Waals surface area (Å²) >= 11 is 13.9. The molecule has 0 bridgehead atoms. The highest BCUT2D eigenvalue weighted by molar-refractivity contribution is 7.10. The molecule has 0 spiro atoms. The summed E-state index contributed by atoms with van der Waals surface area (Å²) in [5.41, 5.74) is 4.15. The fourth-order valence-corrected chi connectivity index (χ4v) is 5.38. The predicted octanol–water partition coefficient (Wildman–Crippen LogP) is 7.37. The number of thiophene rings is 1.